The summed E-state index contributed by atoms with van der Waals surface area (Å²) in [5, 5.41) is 18.6. The number of hydrogen-bond acceptors (Lipinski definition) is 5. The van der Waals surface area contributed by atoms with Gasteiger partial charge in [-0.25, -0.2) is 0 Å². The first-order chi connectivity index (χ1) is 14.4. The summed E-state index contributed by atoms with van der Waals surface area (Å²) in [5.74, 6) is -0.903. The van der Waals surface area contributed by atoms with Crippen molar-refractivity contribution in [2.45, 2.75) is 13.0 Å². The van der Waals surface area contributed by atoms with E-state index in [0.717, 1.165) is 22.4 Å². The minimum atomic E-state index is -0.631. The number of amides is 2. The van der Waals surface area contributed by atoms with Crippen LogP contribution in [0.25, 0.3) is 10.8 Å². The normalized spacial score (nSPS) is 11.5. The second-order valence-electron chi connectivity index (χ2n) is 6.72. The molecular formula is C22H21N3O5. The van der Waals surface area contributed by atoms with Crippen molar-refractivity contribution in [3.63, 3.8) is 0 Å². The third kappa shape index (κ3) is 4.72. The van der Waals surface area contributed by atoms with Crippen molar-refractivity contribution in [2.24, 2.45) is 0 Å². The van der Waals surface area contributed by atoms with Crippen LogP contribution in [0.3, 0.4) is 0 Å². The molecule has 1 atom stereocenters. The molecule has 0 radical (unpaired) electrons. The standard InChI is InChI=1S/C22H21N3O5/c1-14(16-8-7-15-5-3-4-6-17(15)11-16)24-21(26)13-23-22(27)18-9-10-20(30-2)19(12-18)25(28)29/h3-12,14H,13H2,1-2H3,(H,23,27)(H,24,26). The number of hydrogen-bond donors (Lipinski definition) is 2. The second-order valence-corrected chi connectivity index (χ2v) is 6.72. The molecule has 8 heteroatoms. The van der Waals surface area contributed by atoms with E-state index in [1.54, 1.807) is 0 Å². The molecule has 0 aromatic heterocycles. The number of carbonyl (C=O) groups is 2. The van der Waals surface area contributed by atoms with E-state index in [9.17, 15) is 19.7 Å². The van der Waals surface area contributed by atoms with Gasteiger partial charge in [-0.2, -0.15) is 0 Å². The van der Waals surface area contributed by atoms with Crippen molar-refractivity contribution in [2.75, 3.05) is 13.7 Å². The van der Waals surface area contributed by atoms with Gasteiger partial charge < -0.3 is 15.4 Å². The molecule has 0 heterocycles. The van der Waals surface area contributed by atoms with E-state index in [1.165, 1.54) is 19.2 Å². The third-order valence-electron chi connectivity index (χ3n) is 4.70. The Bertz CT molecular complexity index is 1110. The van der Waals surface area contributed by atoms with Crippen molar-refractivity contribution in [1.82, 2.24) is 10.6 Å². The van der Waals surface area contributed by atoms with Crippen LogP contribution in [0, 0.1) is 10.1 Å². The van der Waals surface area contributed by atoms with Crippen molar-refractivity contribution in [1.29, 1.82) is 0 Å². The minimum Gasteiger partial charge on any atom is -0.490 e. The second kappa shape index (κ2) is 9.04. The number of nitro benzene ring substituents is 1. The number of nitrogens with zero attached hydrogens (tertiary/aromatic N) is 1. The van der Waals surface area contributed by atoms with E-state index in [-0.39, 0.29) is 35.5 Å². The van der Waals surface area contributed by atoms with Crippen LogP contribution < -0.4 is 15.4 Å². The lowest BCUT2D eigenvalue weighted by atomic mass is 10.0. The Kier molecular flexibility index (Phi) is 6.26. The lowest BCUT2D eigenvalue weighted by molar-refractivity contribution is -0.385. The Morgan fingerprint density at radius 1 is 1.07 bits per heavy atom. The minimum absolute atomic E-state index is 0.0542. The quantitative estimate of drug-likeness (QED) is 0.461. The van der Waals surface area contributed by atoms with Crippen LogP contribution in [0.4, 0.5) is 5.69 Å². The van der Waals surface area contributed by atoms with Gasteiger partial charge in [-0.15, -0.1) is 0 Å². The van der Waals surface area contributed by atoms with E-state index in [4.69, 9.17) is 4.74 Å². The summed E-state index contributed by atoms with van der Waals surface area (Å²) in [6, 6.07) is 17.5. The molecule has 154 valence electrons. The molecule has 0 saturated heterocycles. The van der Waals surface area contributed by atoms with Crippen LogP contribution in [-0.2, 0) is 4.79 Å². The van der Waals surface area contributed by atoms with Gasteiger partial charge in [-0.3, -0.25) is 19.7 Å². The Hall–Kier alpha value is -3.94. The highest BCUT2D eigenvalue weighted by atomic mass is 16.6. The molecule has 0 saturated carbocycles. The topological polar surface area (TPSA) is 111 Å². The van der Waals surface area contributed by atoms with Crippen molar-refractivity contribution in [3.8, 4) is 5.75 Å². The van der Waals surface area contributed by atoms with Gasteiger partial charge in [0.05, 0.1) is 24.6 Å². The van der Waals surface area contributed by atoms with Gasteiger partial charge in [0.25, 0.3) is 5.91 Å². The lowest BCUT2D eigenvalue weighted by Gasteiger charge is -2.15. The molecule has 3 aromatic rings. The molecule has 0 fully saturated rings. The smallest absolute Gasteiger partial charge is 0.311 e. The van der Waals surface area contributed by atoms with Crippen molar-refractivity contribution < 1.29 is 19.2 Å². The fourth-order valence-corrected chi connectivity index (χ4v) is 3.09. The number of rotatable bonds is 7. The summed E-state index contributed by atoms with van der Waals surface area (Å²) in [6.07, 6.45) is 0. The fraction of sp³-hybridized carbons (Fsp3) is 0.182. The molecule has 30 heavy (non-hydrogen) atoms. The van der Waals surface area contributed by atoms with Crippen LogP contribution >= 0.6 is 0 Å². The molecule has 2 N–H and O–H groups in total. The number of carbonyl (C=O) groups excluding carboxylic acids is 2. The summed E-state index contributed by atoms with van der Waals surface area (Å²) < 4.78 is 4.91. The average molecular weight is 407 g/mol. The SMILES string of the molecule is COc1ccc(C(=O)NCC(=O)NC(C)c2ccc3ccccc3c2)cc1[N+](=O)[O-]. The molecular weight excluding hydrogens is 386 g/mol. The fourth-order valence-electron chi connectivity index (χ4n) is 3.09. The van der Waals surface area contributed by atoms with Gasteiger partial charge in [-0.1, -0.05) is 36.4 Å². The average Bonchev–Trinajstić information content (AvgIpc) is 2.76. The highest BCUT2D eigenvalue weighted by Crippen LogP contribution is 2.27. The number of ether oxygens (including phenoxy) is 1. The molecule has 2 amide bonds. The van der Waals surface area contributed by atoms with E-state index in [2.05, 4.69) is 10.6 Å². The van der Waals surface area contributed by atoms with Crippen LogP contribution in [0.15, 0.2) is 60.7 Å². The monoisotopic (exact) mass is 407 g/mol. The Labute approximate surface area is 173 Å². The number of benzene rings is 3. The molecule has 1 unspecified atom stereocenters. The lowest BCUT2D eigenvalue weighted by Crippen LogP contribution is -2.38. The largest absolute Gasteiger partial charge is 0.490 e. The summed E-state index contributed by atoms with van der Waals surface area (Å²) in [4.78, 5) is 35.0. The number of nitro groups is 1. The van der Waals surface area contributed by atoms with E-state index >= 15 is 0 Å². The summed E-state index contributed by atoms with van der Waals surface area (Å²) >= 11 is 0. The Morgan fingerprint density at radius 2 is 1.80 bits per heavy atom. The first-order valence-corrected chi connectivity index (χ1v) is 9.27. The maximum Gasteiger partial charge on any atom is 0.311 e. The predicted molar refractivity (Wildman–Crippen MR) is 112 cm³/mol. The van der Waals surface area contributed by atoms with Crippen LogP contribution in [0.2, 0.25) is 0 Å². The highest BCUT2D eigenvalue weighted by molar-refractivity contribution is 5.97. The maximum atomic E-state index is 12.3. The molecule has 0 aliphatic heterocycles. The third-order valence-corrected chi connectivity index (χ3v) is 4.70. The van der Waals surface area contributed by atoms with E-state index in [0.29, 0.717) is 0 Å². The van der Waals surface area contributed by atoms with Crippen molar-refractivity contribution >= 4 is 28.3 Å². The van der Waals surface area contributed by atoms with Crippen molar-refractivity contribution in [3.05, 3.63) is 81.9 Å². The summed E-state index contributed by atoms with van der Waals surface area (Å²) in [7, 11) is 1.31. The number of methoxy groups -OCH3 is 1. The molecule has 0 bridgehead atoms. The number of nitrogens with one attached hydrogen (secondary N) is 2. The maximum absolute atomic E-state index is 12.3. The Morgan fingerprint density at radius 3 is 2.50 bits per heavy atom. The highest BCUT2D eigenvalue weighted by Gasteiger charge is 2.19. The first-order valence-electron chi connectivity index (χ1n) is 9.27. The molecule has 0 spiro atoms. The zero-order chi connectivity index (χ0) is 21.7. The van der Waals surface area contributed by atoms with Gasteiger partial charge >= 0.3 is 5.69 Å². The zero-order valence-corrected chi connectivity index (χ0v) is 16.5. The van der Waals surface area contributed by atoms with Gasteiger partial charge in [0, 0.05) is 11.6 Å². The molecule has 0 aliphatic carbocycles. The Balaban J connectivity index is 1.60. The van der Waals surface area contributed by atoms with Gasteiger partial charge in [0.1, 0.15) is 0 Å². The summed E-state index contributed by atoms with van der Waals surface area (Å²) in [6.45, 7) is 1.60. The molecule has 8 nitrogen and oxygen atoms in total. The van der Waals surface area contributed by atoms with Gasteiger partial charge in [-0.05, 0) is 41.5 Å². The van der Waals surface area contributed by atoms with Gasteiger partial charge in [0.2, 0.25) is 5.91 Å². The number of fused-ring (bicyclic) bond motifs is 1. The molecule has 3 aromatic carbocycles. The first kappa shape index (κ1) is 20.8. The van der Waals surface area contributed by atoms with Crippen LogP contribution in [0.5, 0.6) is 5.75 Å². The molecule has 3 rings (SSSR count). The van der Waals surface area contributed by atoms with E-state index in [1.807, 2.05) is 49.4 Å². The predicted octanol–water partition coefficient (Wildman–Crippen LogP) is 3.36. The van der Waals surface area contributed by atoms with Crippen LogP contribution in [0.1, 0.15) is 28.9 Å². The summed E-state index contributed by atoms with van der Waals surface area (Å²) in [5.41, 5.74) is 0.691. The van der Waals surface area contributed by atoms with Crippen LogP contribution in [-0.4, -0.2) is 30.4 Å². The zero-order valence-electron chi connectivity index (χ0n) is 16.5. The molecule has 0 aliphatic rings. The van der Waals surface area contributed by atoms with Gasteiger partial charge in [0.15, 0.2) is 5.75 Å². The van der Waals surface area contributed by atoms with E-state index < -0.39 is 10.8 Å².